The van der Waals surface area contributed by atoms with Crippen LogP contribution in [0.2, 0.25) is 0 Å². The van der Waals surface area contributed by atoms with Gasteiger partial charge in [-0.25, -0.2) is 4.98 Å². The molecule has 1 aromatic rings. The van der Waals surface area contributed by atoms with Gasteiger partial charge in [-0.1, -0.05) is 6.92 Å². The zero-order valence-corrected chi connectivity index (χ0v) is 13.1. The van der Waals surface area contributed by atoms with E-state index in [1.807, 2.05) is 11.3 Å². The number of aryl methyl sites for hydroxylation is 2. The first kappa shape index (κ1) is 14.8. The number of nitrogens with zero attached hydrogens (tertiary/aromatic N) is 2. The highest BCUT2D eigenvalue weighted by atomic mass is 32.1. The van der Waals surface area contributed by atoms with Crippen LogP contribution in [0.25, 0.3) is 0 Å². The van der Waals surface area contributed by atoms with Gasteiger partial charge in [-0.15, -0.1) is 11.3 Å². The lowest BCUT2D eigenvalue weighted by Crippen LogP contribution is -2.44. The van der Waals surface area contributed by atoms with Gasteiger partial charge >= 0.3 is 0 Å². The van der Waals surface area contributed by atoms with Gasteiger partial charge in [0.25, 0.3) is 0 Å². The summed E-state index contributed by atoms with van der Waals surface area (Å²) < 4.78 is 11.4. The number of aromatic nitrogens is 1. The molecule has 1 fully saturated rings. The van der Waals surface area contributed by atoms with Crippen LogP contribution in [0.3, 0.4) is 0 Å². The van der Waals surface area contributed by atoms with Gasteiger partial charge in [-0.05, 0) is 27.2 Å². The summed E-state index contributed by atoms with van der Waals surface area (Å²) in [5, 5.41) is 1.13. The summed E-state index contributed by atoms with van der Waals surface area (Å²) in [4.78, 5) is 8.40. The van der Waals surface area contributed by atoms with E-state index in [-0.39, 0.29) is 12.2 Å². The van der Waals surface area contributed by atoms with Crippen LogP contribution in [0.15, 0.2) is 0 Å². The van der Waals surface area contributed by atoms with Crippen molar-refractivity contribution < 1.29 is 9.47 Å². The van der Waals surface area contributed by atoms with E-state index in [2.05, 4.69) is 37.6 Å². The van der Waals surface area contributed by atoms with Crippen molar-refractivity contribution in [3.05, 3.63) is 10.6 Å². The molecule has 0 bridgehead atoms. The fourth-order valence-electron chi connectivity index (χ4n) is 2.17. The Morgan fingerprint density at radius 1 is 1.53 bits per heavy atom. The summed E-state index contributed by atoms with van der Waals surface area (Å²) in [6, 6.07) is 0. The highest BCUT2D eigenvalue weighted by molar-refractivity contribution is 7.15. The van der Waals surface area contributed by atoms with Gasteiger partial charge < -0.3 is 14.4 Å². The van der Waals surface area contributed by atoms with Gasteiger partial charge in [0.2, 0.25) is 0 Å². The number of anilines is 1. The second-order valence-electron chi connectivity index (χ2n) is 5.18. The van der Waals surface area contributed by atoms with E-state index in [1.54, 1.807) is 0 Å². The molecule has 1 unspecified atom stereocenters. The minimum atomic E-state index is 0.158. The molecule has 1 saturated heterocycles. The van der Waals surface area contributed by atoms with Crippen molar-refractivity contribution in [1.82, 2.24) is 4.98 Å². The van der Waals surface area contributed by atoms with Gasteiger partial charge in [0.1, 0.15) is 0 Å². The fourth-order valence-corrected chi connectivity index (χ4v) is 3.21. The Bertz CT molecular complexity index is 406. The first-order valence-corrected chi connectivity index (χ1v) is 7.86. The van der Waals surface area contributed by atoms with E-state index in [1.165, 1.54) is 10.6 Å². The molecule has 0 N–H and O–H groups in total. The number of rotatable bonds is 5. The number of morpholine rings is 1. The van der Waals surface area contributed by atoms with E-state index >= 15 is 0 Å². The minimum Gasteiger partial charge on any atom is -0.376 e. The number of ether oxygens (including phenoxy) is 2. The Kier molecular flexibility index (Phi) is 5.19. The summed E-state index contributed by atoms with van der Waals surface area (Å²) in [7, 11) is 0. The van der Waals surface area contributed by atoms with Gasteiger partial charge in [-0.2, -0.15) is 0 Å². The average Bonchev–Trinajstić information content (AvgIpc) is 2.78. The standard InChI is InChI=1S/C14H24N2O2S/c1-5-13-11(4)15-14(19-13)16-6-7-17-12(8-16)9-18-10(2)3/h10,12H,5-9H2,1-4H3. The van der Waals surface area contributed by atoms with Crippen LogP contribution in [-0.4, -0.2) is 43.5 Å². The zero-order valence-electron chi connectivity index (χ0n) is 12.3. The molecule has 0 aliphatic carbocycles. The highest BCUT2D eigenvalue weighted by Gasteiger charge is 2.23. The molecule has 5 heteroatoms. The molecule has 1 atom stereocenters. The Morgan fingerprint density at radius 3 is 2.95 bits per heavy atom. The van der Waals surface area contributed by atoms with E-state index in [0.29, 0.717) is 6.61 Å². The van der Waals surface area contributed by atoms with Crippen molar-refractivity contribution in [3.8, 4) is 0 Å². The Hall–Kier alpha value is -0.650. The number of hydrogen-bond donors (Lipinski definition) is 0. The average molecular weight is 284 g/mol. The zero-order chi connectivity index (χ0) is 13.8. The molecule has 1 aliphatic rings. The van der Waals surface area contributed by atoms with Crippen LogP contribution < -0.4 is 4.90 Å². The maximum atomic E-state index is 5.75. The van der Waals surface area contributed by atoms with Crippen molar-refractivity contribution >= 4 is 16.5 Å². The third-order valence-electron chi connectivity index (χ3n) is 3.23. The summed E-state index contributed by atoms with van der Waals surface area (Å²) in [5.41, 5.74) is 1.17. The lowest BCUT2D eigenvalue weighted by Gasteiger charge is -2.32. The second-order valence-corrected chi connectivity index (χ2v) is 6.24. The van der Waals surface area contributed by atoms with Crippen LogP contribution in [0.4, 0.5) is 5.13 Å². The van der Waals surface area contributed by atoms with Crippen molar-refractivity contribution in [2.45, 2.75) is 46.3 Å². The molecule has 0 saturated carbocycles. The predicted molar refractivity (Wildman–Crippen MR) is 79.3 cm³/mol. The van der Waals surface area contributed by atoms with Crippen LogP contribution in [0.1, 0.15) is 31.3 Å². The van der Waals surface area contributed by atoms with Crippen molar-refractivity contribution in [3.63, 3.8) is 0 Å². The van der Waals surface area contributed by atoms with Crippen molar-refractivity contribution in [1.29, 1.82) is 0 Å². The summed E-state index contributed by atoms with van der Waals surface area (Å²) in [5.74, 6) is 0. The molecule has 0 spiro atoms. The Morgan fingerprint density at radius 2 is 2.32 bits per heavy atom. The van der Waals surface area contributed by atoms with Gasteiger partial charge in [-0.3, -0.25) is 0 Å². The molecular weight excluding hydrogens is 260 g/mol. The first-order valence-electron chi connectivity index (χ1n) is 7.04. The van der Waals surface area contributed by atoms with Crippen LogP contribution in [0.5, 0.6) is 0 Å². The quantitative estimate of drug-likeness (QED) is 0.832. The van der Waals surface area contributed by atoms with Crippen molar-refractivity contribution in [2.75, 3.05) is 31.2 Å². The largest absolute Gasteiger partial charge is 0.376 e. The Labute approximate surface area is 119 Å². The van der Waals surface area contributed by atoms with E-state index in [9.17, 15) is 0 Å². The van der Waals surface area contributed by atoms with Gasteiger partial charge in [0, 0.05) is 18.0 Å². The molecule has 19 heavy (non-hydrogen) atoms. The molecule has 1 aliphatic heterocycles. The van der Waals surface area contributed by atoms with Crippen molar-refractivity contribution in [2.24, 2.45) is 0 Å². The van der Waals surface area contributed by atoms with E-state index in [0.717, 1.165) is 31.2 Å². The smallest absolute Gasteiger partial charge is 0.185 e. The van der Waals surface area contributed by atoms with Crippen LogP contribution >= 0.6 is 11.3 Å². The normalized spacial score (nSPS) is 20.3. The topological polar surface area (TPSA) is 34.6 Å². The fraction of sp³-hybridized carbons (Fsp3) is 0.786. The van der Waals surface area contributed by atoms with Crippen LogP contribution in [-0.2, 0) is 15.9 Å². The lowest BCUT2D eigenvalue weighted by atomic mass is 10.3. The lowest BCUT2D eigenvalue weighted by molar-refractivity contribution is -0.0406. The maximum Gasteiger partial charge on any atom is 0.185 e. The maximum absolute atomic E-state index is 5.75. The molecule has 2 rings (SSSR count). The number of thiazole rings is 1. The van der Waals surface area contributed by atoms with Gasteiger partial charge in [0.05, 0.1) is 31.1 Å². The van der Waals surface area contributed by atoms with Crippen LogP contribution in [0, 0.1) is 6.92 Å². The third-order valence-corrected chi connectivity index (χ3v) is 4.59. The van der Waals surface area contributed by atoms with E-state index < -0.39 is 0 Å². The molecule has 0 radical (unpaired) electrons. The summed E-state index contributed by atoms with van der Waals surface area (Å²) >= 11 is 1.81. The molecule has 2 heterocycles. The van der Waals surface area contributed by atoms with Gasteiger partial charge in [0.15, 0.2) is 5.13 Å². The molecule has 4 nitrogen and oxygen atoms in total. The summed E-state index contributed by atoms with van der Waals surface area (Å²) in [6.07, 6.45) is 1.48. The Balaban J connectivity index is 1.96. The highest BCUT2D eigenvalue weighted by Crippen LogP contribution is 2.27. The molecule has 0 amide bonds. The predicted octanol–water partition coefficient (Wildman–Crippen LogP) is 2.64. The second kappa shape index (κ2) is 6.68. The molecule has 0 aromatic carbocycles. The third kappa shape index (κ3) is 3.91. The molecule has 1 aromatic heterocycles. The monoisotopic (exact) mass is 284 g/mol. The number of hydrogen-bond acceptors (Lipinski definition) is 5. The molecular formula is C14H24N2O2S. The summed E-state index contributed by atoms with van der Waals surface area (Å²) in [6.45, 7) is 11.6. The first-order chi connectivity index (χ1) is 9.10. The minimum absolute atomic E-state index is 0.158. The molecule has 108 valence electrons. The SMILES string of the molecule is CCc1sc(N2CCOC(COC(C)C)C2)nc1C. The van der Waals surface area contributed by atoms with E-state index in [4.69, 9.17) is 9.47 Å².